The minimum atomic E-state index is -0.867. The number of halogens is 3. The smallest absolute Gasteiger partial charge is 0.159 e. The van der Waals surface area contributed by atoms with Gasteiger partial charge in [-0.15, -0.1) is 0 Å². The van der Waals surface area contributed by atoms with Crippen LogP contribution in [0.3, 0.4) is 0 Å². The van der Waals surface area contributed by atoms with Gasteiger partial charge in [0.15, 0.2) is 11.6 Å². The molecule has 0 fully saturated rings. The highest BCUT2D eigenvalue weighted by Gasteiger charge is 2.14. The number of hydrogen-bond donors (Lipinski definition) is 1. The summed E-state index contributed by atoms with van der Waals surface area (Å²) in [5, 5.41) is 3.09. The van der Waals surface area contributed by atoms with E-state index in [2.05, 4.69) is 5.32 Å². The first-order chi connectivity index (χ1) is 9.51. The quantitative estimate of drug-likeness (QED) is 0.894. The number of likely N-dealkylation sites (N-methyl/N-ethyl adjacent to an activating group) is 1. The maximum absolute atomic E-state index is 13.4. The van der Waals surface area contributed by atoms with Crippen LogP contribution in [-0.4, -0.2) is 7.05 Å². The fourth-order valence-electron chi connectivity index (χ4n) is 2.26. The van der Waals surface area contributed by atoms with E-state index in [1.54, 1.807) is 13.1 Å². The van der Waals surface area contributed by atoms with Crippen molar-refractivity contribution >= 4 is 0 Å². The van der Waals surface area contributed by atoms with Crippen molar-refractivity contribution < 1.29 is 13.2 Å². The topological polar surface area (TPSA) is 12.0 Å². The predicted octanol–water partition coefficient (Wildman–Crippen LogP) is 3.92. The Bertz CT molecular complexity index is 611. The lowest BCUT2D eigenvalue weighted by molar-refractivity contribution is 0.504. The molecule has 1 N–H and O–H groups in total. The molecule has 2 rings (SSSR count). The molecule has 4 heteroatoms. The van der Waals surface area contributed by atoms with Crippen molar-refractivity contribution in [3.63, 3.8) is 0 Å². The van der Waals surface area contributed by atoms with Crippen LogP contribution < -0.4 is 5.32 Å². The van der Waals surface area contributed by atoms with Crippen molar-refractivity contribution in [3.05, 3.63) is 70.5 Å². The lowest BCUT2D eigenvalue weighted by Gasteiger charge is -2.19. The number of rotatable bonds is 4. The average Bonchev–Trinajstić information content (AvgIpc) is 2.43. The molecule has 2 aromatic rings. The van der Waals surface area contributed by atoms with E-state index in [1.807, 2.05) is 6.92 Å². The van der Waals surface area contributed by atoms with E-state index in [4.69, 9.17) is 0 Å². The molecule has 20 heavy (non-hydrogen) atoms. The minimum Gasteiger partial charge on any atom is -0.313 e. The average molecular weight is 279 g/mol. The zero-order valence-electron chi connectivity index (χ0n) is 11.4. The zero-order valence-corrected chi connectivity index (χ0v) is 11.4. The number of hydrogen-bond acceptors (Lipinski definition) is 1. The van der Waals surface area contributed by atoms with Crippen LogP contribution in [0, 0.1) is 24.4 Å². The fraction of sp³-hybridized carbons (Fsp3) is 0.250. The molecule has 0 aliphatic carbocycles. The van der Waals surface area contributed by atoms with Crippen LogP contribution in [0.4, 0.5) is 13.2 Å². The third-order valence-electron chi connectivity index (χ3n) is 3.39. The summed E-state index contributed by atoms with van der Waals surface area (Å²) in [5.41, 5.74) is 2.43. The van der Waals surface area contributed by atoms with E-state index in [1.165, 1.54) is 24.3 Å². The van der Waals surface area contributed by atoms with Gasteiger partial charge in [-0.2, -0.15) is 0 Å². The highest BCUT2D eigenvalue weighted by atomic mass is 19.2. The summed E-state index contributed by atoms with van der Waals surface area (Å²) in [5.74, 6) is -2.04. The van der Waals surface area contributed by atoms with Gasteiger partial charge in [0, 0.05) is 6.04 Å². The Labute approximate surface area is 116 Å². The highest BCUT2D eigenvalue weighted by Crippen LogP contribution is 2.23. The van der Waals surface area contributed by atoms with Gasteiger partial charge in [0.25, 0.3) is 0 Å². The Hall–Kier alpha value is -1.81. The van der Waals surface area contributed by atoms with Crippen molar-refractivity contribution in [1.29, 1.82) is 0 Å². The van der Waals surface area contributed by atoms with E-state index in [0.717, 1.165) is 17.2 Å². The molecule has 106 valence electrons. The van der Waals surface area contributed by atoms with Crippen molar-refractivity contribution in [1.82, 2.24) is 5.32 Å². The molecule has 1 unspecified atom stereocenters. The molecule has 0 radical (unpaired) electrons. The maximum atomic E-state index is 13.4. The zero-order chi connectivity index (χ0) is 14.7. The Morgan fingerprint density at radius 1 is 1.00 bits per heavy atom. The summed E-state index contributed by atoms with van der Waals surface area (Å²) in [7, 11) is 1.76. The standard InChI is InChI=1S/C16H16F3N/c1-10-3-5-12(17)9-13(10)16(20-2)8-11-4-6-14(18)15(19)7-11/h3-7,9,16,20H,8H2,1-2H3. The van der Waals surface area contributed by atoms with E-state index >= 15 is 0 Å². The summed E-state index contributed by atoms with van der Waals surface area (Å²) in [6.07, 6.45) is 0.456. The molecular formula is C16H16F3N. The molecule has 0 spiro atoms. The molecule has 0 aliphatic rings. The van der Waals surface area contributed by atoms with Crippen LogP contribution >= 0.6 is 0 Å². The Morgan fingerprint density at radius 2 is 1.75 bits per heavy atom. The summed E-state index contributed by atoms with van der Waals surface area (Å²) >= 11 is 0. The maximum Gasteiger partial charge on any atom is 0.159 e. The van der Waals surface area contributed by atoms with Crippen molar-refractivity contribution in [2.45, 2.75) is 19.4 Å². The third-order valence-corrected chi connectivity index (χ3v) is 3.39. The summed E-state index contributed by atoms with van der Waals surface area (Å²) in [6, 6.07) is 8.25. The van der Waals surface area contributed by atoms with Gasteiger partial charge < -0.3 is 5.32 Å². The summed E-state index contributed by atoms with van der Waals surface area (Å²) < 4.78 is 39.5. The summed E-state index contributed by atoms with van der Waals surface area (Å²) in [4.78, 5) is 0. The van der Waals surface area contributed by atoms with Crippen LogP contribution in [0.15, 0.2) is 36.4 Å². The predicted molar refractivity (Wildman–Crippen MR) is 73.0 cm³/mol. The van der Waals surface area contributed by atoms with Gasteiger partial charge in [0.2, 0.25) is 0 Å². The van der Waals surface area contributed by atoms with Gasteiger partial charge in [-0.1, -0.05) is 12.1 Å². The monoisotopic (exact) mass is 279 g/mol. The third kappa shape index (κ3) is 3.20. The summed E-state index contributed by atoms with van der Waals surface area (Å²) in [6.45, 7) is 1.89. The van der Waals surface area contributed by atoms with Gasteiger partial charge in [-0.25, -0.2) is 13.2 Å². The van der Waals surface area contributed by atoms with Crippen molar-refractivity contribution in [3.8, 4) is 0 Å². The van der Waals surface area contributed by atoms with Crippen LogP contribution in [0.1, 0.15) is 22.7 Å². The second kappa shape index (κ2) is 6.09. The van der Waals surface area contributed by atoms with Gasteiger partial charge in [-0.05, 0) is 61.3 Å². The molecule has 0 aliphatic heterocycles. The molecule has 0 saturated heterocycles. The second-order valence-corrected chi connectivity index (χ2v) is 4.79. The highest BCUT2D eigenvalue weighted by molar-refractivity contribution is 5.31. The molecule has 0 heterocycles. The Kier molecular flexibility index (Phi) is 4.45. The number of benzene rings is 2. The van der Waals surface area contributed by atoms with Gasteiger partial charge in [-0.3, -0.25) is 0 Å². The molecule has 0 saturated carbocycles. The van der Waals surface area contributed by atoms with Crippen LogP contribution in [-0.2, 0) is 6.42 Å². The van der Waals surface area contributed by atoms with Gasteiger partial charge in [0.05, 0.1) is 0 Å². The molecule has 0 bridgehead atoms. The lowest BCUT2D eigenvalue weighted by atomic mass is 9.95. The van der Waals surface area contributed by atoms with E-state index in [9.17, 15) is 13.2 Å². The van der Waals surface area contributed by atoms with Crippen LogP contribution in [0.2, 0.25) is 0 Å². The van der Waals surface area contributed by atoms with E-state index in [0.29, 0.717) is 12.0 Å². The van der Waals surface area contributed by atoms with Gasteiger partial charge in [0.1, 0.15) is 5.82 Å². The van der Waals surface area contributed by atoms with E-state index < -0.39 is 11.6 Å². The molecule has 0 amide bonds. The van der Waals surface area contributed by atoms with Crippen LogP contribution in [0.5, 0.6) is 0 Å². The normalized spacial score (nSPS) is 12.4. The molecule has 2 aromatic carbocycles. The van der Waals surface area contributed by atoms with Crippen LogP contribution in [0.25, 0.3) is 0 Å². The first kappa shape index (κ1) is 14.6. The Balaban J connectivity index is 2.28. The van der Waals surface area contributed by atoms with Crippen molar-refractivity contribution in [2.24, 2.45) is 0 Å². The largest absolute Gasteiger partial charge is 0.313 e. The Morgan fingerprint density at radius 3 is 2.40 bits per heavy atom. The van der Waals surface area contributed by atoms with Crippen molar-refractivity contribution in [2.75, 3.05) is 7.05 Å². The first-order valence-corrected chi connectivity index (χ1v) is 6.38. The molecule has 0 aromatic heterocycles. The SMILES string of the molecule is CNC(Cc1ccc(F)c(F)c1)c1cc(F)ccc1C. The molecule has 1 nitrogen and oxygen atoms in total. The number of nitrogens with one attached hydrogen (secondary N) is 1. The molecule has 1 atom stereocenters. The van der Waals surface area contributed by atoms with E-state index in [-0.39, 0.29) is 11.9 Å². The lowest BCUT2D eigenvalue weighted by Crippen LogP contribution is -2.20. The second-order valence-electron chi connectivity index (χ2n) is 4.79. The minimum absolute atomic E-state index is 0.157. The number of aryl methyl sites for hydroxylation is 1. The molecular weight excluding hydrogens is 263 g/mol. The fourth-order valence-corrected chi connectivity index (χ4v) is 2.26. The van der Waals surface area contributed by atoms with Gasteiger partial charge >= 0.3 is 0 Å². The first-order valence-electron chi connectivity index (χ1n) is 6.38.